The van der Waals surface area contributed by atoms with Crippen molar-refractivity contribution < 1.29 is 27.4 Å². The highest BCUT2D eigenvalue weighted by molar-refractivity contribution is 7.85. The first kappa shape index (κ1) is 41.1. The highest BCUT2D eigenvalue weighted by atomic mass is 32.2. The second-order valence-electron chi connectivity index (χ2n) is 16.0. The molecule has 2 heterocycles. The number of allylic oxidation sites excluding steroid dienone is 8. The summed E-state index contributed by atoms with van der Waals surface area (Å²) in [6.45, 7) is 19.2. The van der Waals surface area contributed by atoms with E-state index >= 15 is 0 Å². The Morgan fingerprint density at radius 2 is 1.65 bits per heavy atom. The van der Waals surface area contributed by atoms with Gasteiger partial charge in [0.2, 0.25) is 5.69 Å². The molecule has 2 aliphatic rings. The van der Waals surface area contributed by atoms with E-state index in [0.29, 0.717) is 32.4 Å². The molecule has 9 heteroatoms. The standard InChI is InChI=1S/C43H59N3O5S/c1-10-25-45-36-23-21-32(2)29-34(36)41(3,4)38(45)18-14-12-11-13-15-19-39-42(5,6)35-30-33(31-44(9)26-16-20-40(47)43(7,8)48)22-24-37(35)46(39)27-17-28-52(49,50)51/h11-15,18-19,21-24,29-30,48H,10,16-17,20,25-28,31H2,1-9H3/p+1. The monoisotopic (exact) mass is 730 g/mol. The minimum Gasteiger partial charge on any atom is -0.383 e. The molecule has 0 unspecified atom stereocenters. The third-order valence-corrected chi connectivity index (χ3v) is 11.1. The molecular weight excluding hydrogens is 671 g/mol. The third kappa shape index (κ3) is 9.86. The Kier molecular flexibility index (Phi) is 13.1. The first-order valence-corrected chi connectivity index (χ1v) is 20.2. The van der Waals surface area contributed by atoms with E-state index in [2.05, 4.69) is 117 Å². The van der Waals surface area contributed by atoms with E-state index < -0.39 is 15.7 Å². The molecule has 0 atom stereocenters. The van der Waals surface area contributed by atoms with E-state index in [1.165, 1.54) is 36.4 Å². The maximum absolute atomic E-state index is 12.1. The van der Waals surface area contributed by atoms with E-state index in [0.717, 1.165) is 42.0 Å². The number of benzene rings is 2. The fourth-order valence-electron chi connectivity index (χ4n) is 7.41. The van der Waals surface area contributed by atoms with Gasteiger partial charge in [0.05, 0.1) is 11.2 Å². The van der Waals surface area contributed by atoms with Crippen molar-refractivity contribution in [3.8, 4) is 0 Å². The lowest BCUT2D eigenvalue weighted by atomic mass is 9.80. The van der Waals surface area contributed by atoms with E-state index in [4.69, 9.17) is 0 Å². The molecule has 0 saturated heterocycles. The fourth-order valence-corrected chi connectivity index (χ4v) is 7.91. The normalized spacial score (nSPS) is 17.8. The molecule has 2 aliphatic heterocycles. The van der Waals surface area contributed by atoms with Crippen molar-refractivity contribution in [2.24, 2.45) is 0 Å². The number of fused-ring (bicyclic) bond motifs is 2. The van der Waals surface area contributed by atoms with Crippen LogP contribution in [0.25, 0.3) is 0 Å². The van der Waals surface area contributed by atoms with Gasteiger partial charge in [-0.1, -0.05) is 74.9 Å². The van der Waals surface area contributed by atoms with Crippen LogP contribution in [0.4, 0.5) is 11.4 Å². The molecule has 282 valence electrons. The number of nitrogens with zero attached hydrogens (tertiary/aromatic N) is 3. The molecule has 0 radical (unpaired) electrons. The highest BCUT2D eigenvalue weighted by Gasteiger charge is 2.44. The van der Waals surface area contributed by atoms with Crippen LogP contribution in [0.15, 0.2) is 84.6 Å². The number of carbonyl (C=O) groups excluding carboxylic acids is 1. The van der Waals surface area contributed by atoms with Gasteiger partial charge in [-0.2, -0.15) is 13.0 Å². The van der Waals surface area contributed by atoms with Crippen LogP contribution < -0.4 is 4.90 Å². The second kappa shape index (κ2) is 16.6. The molecule has 0 bridgehead atoms. The number of aliphatic hydroxyl groups is 1. The van der Waals surface area contributed by atoms with Crippen molar-refractivity contribution in [1.29, 1.82) is 0 Å². The lowest BCUT2D eigenvalue weighted by molar-refractivity contribution is -0.437. The summed E-state index contributed by atoms with van der Waals surface area (Å²) in [7, 11) is -2.04. The van der Waals surface area contributed by atoms with Crippen molar-refractivity contribution in [3.63, 3.8) is 0 Å². The minimum atomic E-state index is -4.07. The van der Waals surface area contributed by atoms with Gasteiger partial charge in [-0.05, 0) is 90.4 Å². The number of anilines is 1. The molecule has 2 aromatic carbocycles. The second-order valence-corrected chi connectivity index (χ2v) is 17.5. The molecule has 52 heavy (non-hydrogen) atoms. The zero-order chi connectivity index (χ0) is 38.5. The zero-order valence-electron chi connectivity index (χ0n) is 32.7. The van der Waals surface area contributed by atoms with Crippen LogP contribution in [0.5, 0.6) is 0 Å². The summed E-state index contributed by atoms with van der Waals surface area (Å²) in [6, 6.07) is 13.2. The van der Waals surface area contributed by atoms with E-state index in [-0.39, 0.29) is 22.4 Å². The molecule has 8 nitrogen and oxygen atoms in total. The topological polar surface area (TPSA) is 101 Å². The first-order chi connectivity index (χ1) is 24.3. The maximum Gasteiger partial charge on any atom is 0.265 e. The smallest absolute Gasteiger partial charge is 0.265 e. The van der Waals surface area contributed by atoms with Crippen molar-refractivity contribution in [2.45, 2.75) is 104 Å². The largest absolute Gasteiger partial charge is 0.383 e. The van der Waals surface area contributed by atoms with Gasteiger partial charge in [0.15, 0.2) is 11.5 Å². The summed E-state index contributed by atoms with van der Waals surface area (Å²) in [6.07, 6.45) is 16.9. The lowest BCUT2D eigenvalue weighted by Crippen LogP contribution is -2.31. The van der Waals surface area contributed by atoms with Gasteiger partial charge in [0, 0.05) is 60.4 Å². The predicted molar refractivity (Wildman–Crippen MR) is 215 cm³/mol. The summed E-state index contributed by atoms with van der Waals surface area (Å²) in [4.78, 5) is 16.8. The SMILES string of the molecule is CCCN1/C(=C/C=C/C=C/C=C/C2=[N+](CCCS(=O)(=O)O)c3ccc(CN(C)CCCC(=O)C(C)(C)O)cc3C2(C)C)C(C)(C)c2cc(C)ccc21. The number of hydrogen-bond acceptors (Lipinski definition) is 6. The van der Waals surface area contributed by atoms with Crippen molar-refractivity contribution >= 4 is 33.0 Å². The number of hydrogen-bond donors (Lipinski definition) is 2. The Labute approximate surface area is 312 Å². The summed E-state index contributed by atoms with van der Waals surface area (Å²) >= 11 is 0. The van der Waals surface area contributed by atoms with Crippen LogP contribution >= 0.6 is 0 Å². The van der Waals surface area contributed by atoms with Crippen LogP contribution in [0.3, 0.4) is 0 Å². The third-order valence-electron chi connectivity index (χ3n) is 10.3. The average Bonchev–Trinajstić information content (AvgIpc) is 3.37. The van der Waals surface area contributed by atoms with Crippen LogP contribution in [0.2, 0.25) is 0 Å². The minimum absolute atomic E-state index is 0.0868. The van der Waals surface area contributed by atoms with Crippen LogP contribution in [-0.2, 0) is 32.3 Å². The number of carbonyl (C=O) groups is 1. The van der Waals surface area contributed by atoms with Gasteiger partial charge >= 0.3 is 0 Å². The van der Waals surface area contributed by atoms with E-state index in [1.54, 1.807) is 0 Å². The molecule has 0 aliphatic carbocycles. The number of ketones is 1. The molecule has 0 aromatic heterocycles. The van der Waals surface area contributed by atoms with Gasteiger partial charge in [-0.25, -0.2) is 0 Å². The van der Waals surface area contributed by atoms with Gasteiger partial charge in [-0.3, -0.25) is 9.35 Å². The van der Waals surface area contributed by atoms with Crippen molar-refractivity contribution in [2.75, 3.05) is 37.3 Å². The molecule has 0 saturated carbocycles. The average molecular weight is 731 g/mol. The molecular formula is C43H60N3O5S+. The molecule has 0 fully saturated rings. The number of Topliss-reactive ketones (excluding diaryl/α,β-unsaturated/α-hetero) is 1. The molecule has 0 spiro atoms. The van der Waals surface area contributed by atoms with Crippen LogP contribution in [0, 0.1) is 6.92 Å². The maximum atomic E-state index is 12.1. The van der Waals surface area contributed by atoms with E-state index in [1.807, 2.05) is 25.3 Å². The fraction of sp³-hybridized carbons (Fsp3) is 0.488. The predicted octanol–water partition coefficient (Wildman–Crippen LogP) is 7.96. The van der Waals surface area contributed by atoms with Gasteiger partial charge in [-0.15, -0.1) is 0 Å². The molecule has 2 N–H and O–H groups in total. The Balaban J connectivity index is 1.51. The molecule has 0 amide bonds. The molecule has 4 rings (SSSR count). The lowest BCUT2D eigenvalue weighted by Gasteiger charge is -2.26. The van der Waals surface area contributed by atoms with Crippen LogP contribution in [-0.4, -0.2) is 77.1 Å². The van der Waals surface area contributed by atoms with Gasteiger partial charge < -0.3 is 14.9 Å². The Bertz CT molecular complexity index is 1890. The molecule has 2 aromatic rings. The summed E-state index contributed by atoms with van der Waals surface area (Å²) in [5.41, 5.74) is 7.88. The summed E-state index contributed by atoms with van der Waals surface area (Å²) in [5, 5.41) is 9.95. The Hall–Kier alpha value is -3.63. The summed E-state index contributed by atoms with van der Waals surface area (Å²) in [5.74, 6) is -0.450. The Morgan fingerprint density at radius 1 is 0.962 bits per heavy atom. The van der Waals surface area contributed by atoms with Gasteiger partial charge in [0.25, 0.3) is 10.1 Å². The number of rotatable bonds is 17. The first-order valence-electron chi connectivity index (χ1n) is 18.6. The highest BCUT2D eigenvalue weighted by Crippen LogP contribution is 2.48. The van der Waals surface area contributed by atoms with Crippen molar-refractivity contribution in [1.82, 2.24) is 4.90 Å². The zero-order valence-corrected chi connectivity index (χ0v) is 33.6. The quantitative estimate of drug-likeness (QED) is 0.0968. The van der Waals surface area contributed by atoms with Crippen molar-refractivity contribution in [3.05, 3.63) is 107 Å². The Morgan fingerprint density at radius 3 is 2.33 bits per heavy atom. The van der Waals surface area contributed by atoms with E-state index in [9.17, 15) is 22.9 Å². The number of aryl methyl sites for hydroxylation is 1. The van der Waals surface area contributed by atoms with Gasteiger partial charge in [0.1, 0.15) is 12.1 Å². The summed E-state index contributed by atoms with van der Waals surface area (Å²) < 4.78 is 34.7. The van der Waals surface area contributed by atoms with Crippen LogP contribution in [0.1, 0.15) is 96.4 Å².